The van der Waals surface area contributed by atoms with Gasteiger partial charge in [0, 0.05) is 23.4 Å². The zero-order valence-corrected chi connectivity index (χ0v) is 14.0. The summed E-state index contributed by atoms with van der Waals surface area (Å²) in [5.41, 5.74) is 1.30. The lowest BCUT2D eigenvalue weighted by Gasteiger charge is -2.18. The SMILES string of the molecule is CCCNCc1sc(C(C)OCC)nc1C(C)(C)C. The molecule has 1 unspecified atom stereocenters. The number of rotatable bonds is 7. The molecular formula is C15H28N2OS. The largest absolute Gasteiger partial charge is 0.372 e. The number of nitrogens with zero attached hydrogens (tertiary/aromatic N) is 1. The Bertz CT molecular complexity index is 382. The fourth-order valence-corrected chi connectivity index (χ4v) is 3.20. The van der Waals surface area contributed by atoms with Gasteiger partial charge >= 0.3 is 0 Å². The van der Waals surface area contributed by atoms with Crippen LogP contribution in [0.3, 0.4) is 0 Å². The minimum atomic E-state index is 0.0872. The second kappa shape index (κ2) is 7.36. The summed E-state index contributed by atoms with van der Waals surface area (Å²) in [6, 6.07) is 0. The van der Waals surface area contributed by atoms with Crippen LogP contribution in [0.25, 0.3) is 0 Å². The molecule has 110 valence electrons. The molecule has 0 aliphatic carbocycles. The van der Waals surface area contributed by atoms with Gasteiger partial charge in [0.15, 0.2) is 0 Å². The van der Waals surface area contributed by atoms with Crippen LogP contribution in [-0.4, -0.2) is 18.1 Å². The van der Waals surface area contributed by atoms with Gasteiger partial charge in [0.05, 0.1) is 5.69 Å². The molecule has 0 spiro atoms. The lowest BCUT2D eigenvalue weighted by molar-refractivity contribution is 0.0760. The van der Waals surface area contributed by atoms with Crippen LogP contribution in [0.5, 0.6) is 0 Å². The molecule has 1 heterocycles. The van der Waals surface area contributed by atoms with Gasteiger partial charge in [-0.15, -0.1) is 11.3 Å². The van der Waals surface area contributed by atoms with Gasteiger partial charge in [-0.1, -0.05) is 27.7 Å². The molecule has 0 aliphatic heterocycles. The molecule has 0 bridgehead atoms. The molecule has 0 aromatic carbocycles. The summed E-state index contributed by atoms with van der Waals surface area (Å²) in [4.78, 5) is 6.18. The van der Waals surface area contributed by atoms with Crippen LogP contribution in [0, 0.1) is 0 Å². The first-order chi connectivity index (χ1) is 8.90. The van der Waals surface area contributed by atoms with E-state index < -0.39 is 0 Å². The third kappa shape index (κ3) is 4.86. The summed E-state index contributed by atoms with van der Waals surface area (Å²) in [5.74, 6) is 0. The van der Waals surface area contributed by atoms with Crippen LogP contribution < -0.4 is 5.32 Å². The Labute approximate surface area is 121 Å². The summed E-state index contributed by atoms with van der Waals surface area (Å²) < 4.78 is 5.66. The number of ether oxygens (including phenoxy) is 1. The van der Waals surface area contributed by atoms with E-state index in [-0.39, 0.29) is 11.5 Å². The molecule has 0 amide bonds. The molecule has 1 N–H and O–H groups in total. The van der Waals surface area contributed by atoms with Gasteiger partial charge < -0.3 is 10.1 Å². The first kappa shape index (κ1) is 16.6. The Morgan fingerprint density at radius 2 is 2.00 bits per heavy atom. The summed E-state index contributed by atoms with van der Waals surface area (Å²) in [5, 5.41) is 4.57. The molecule has 0 radical (unpaired) electrons. The van der Waals surface area contributed by atoms with Gasteiger partial charge in [0.1, 0.15) is 11.1 Å². The van der Waals surface area contributed by atoms with Crippen molar-refractivity contribution in [2.75, 3.05) is 13.2 Å². The number of aromatic nitrogens is 1. The molecule has 1 aromatic rings. The van der Waals surface area contributed by atoms with Crippen LogP contribution in [0.15, 0.2) is 0 Å². The van der Waals surface area contributed by atoms with Crippen molar-refractivity contribution in [2.45, 2.75) is 66.0 Å². The van der Waals surface area contributed by atoms with E-state index in [2.05, 4.69) is 39.9 Å². The van der Waals surface area contributed by atoms with Crippen molar-refractivity contribution < 1.29 is 4.74 Å². The molecule has 0 fully saturated rings. The summed E-state index contributed by atoms with van der Waals surface area (Å²) >= 11 is 1.79. The fourth-order valence-electron chi connectivity index (χ4n) is 1.95. The lowest BCUT2D eigenvalue weighted by atomic mass is 9.91. The average Bonchev–Trinajstić information content (AvgIpc) is 2.74. The molecule has 0 saturated heterocycles. The van der Waals surface area contributed by atoms with Crippen molar-refractivity contribution in [3.05, 3.63) is 15.6 Å². The quantitative estimate of drug-likeness (QED) is 0.767. The Balaban J connectivity index is 2.92. The highest BCUT2D eigenvalue weighted by atomic mass is 32.1. The maximum Gasteiger partial charge on any atom is 0.122 e. The number of thiazole rings is 1. The van der Waals surface area contributed by atoms with Crippen molar-refractivity contribution >= 4 is 11.3 Å². The van der Waals surface area contributed by atoms with E-state index in [1.165, 1.54) is 10.6 Å². The molecule has 3 nitrogen and oxygen atoms in total. The normalized spacial score (nSPS) is 13.8. The molecule has 19 heavy (non-hydrogen) atoms. The highest BCUT2D eigenvalue weighted by Gasteiger charge is 2.24. The van der Waals surface area contributed by atoms with Crippen LogP contribution in [0.1, 0.15) is 69.6 Å². The smallest absolute Gasteiger partial charge is 0.122 e. The van der Waals surface area contributed by atoms with E-state index in [4.69, 9.17) is 9.72 Å². The Hall–Kier alpha value is -0.450. The minimum absolute atomic E-state index is 0.0872. The van der Waals surface area contributed by atoms with Gasteiger partial charge in [-0.05, 0) is 26.8 Å². The second-order valence-corrected chi connectivity index (χ2v) is 6.96. The number of nitrogens with one attached hydrogen (secondary N) is 1. The van der Waals surface area contributed by atoms with Gasteiger partial charge in [0.2, 0.25) is 0 Å². The molecule has 0 saturated carbocycles. The Kier molecular flexibility index (Phi) is 6.43. The van der Waals surface area contributed by atoms with E-state index in [1.807, 2.05) is 6.92 Å². The average molecular weight is 284 g/mol. The van der Waals surface area contributed by atoms with Crippen LogP contribution in [0.2, 0.25) is 0 Å². The molecule has 1 aromatic heterocycles. The van der Waals surface area contributed by atoms with E-state index >= 15 is 0 Å². The van der Waals surface area contributed by atoms with Crippen molar-refractivity contribution in [1.82, 2.24) is 10.3 Å². The number of hydrogen-bond acceptors (Lipinski definition) is 4. The minimum Gasteiger partial charge on any atom is -0.372 e. The van der Waals surface area contributed by atoms with E-state index in [0.717, 1.165) is 31.1 Å². The third-order valence-electron chi connectivity index (χ3n) is 2.90. The summed E-state index contributed by atoms with van der Waals surface area (Å²) in [6.07, 6.45) is 1.25. The third-order valence-corrected chi connectivity index (χ3v) is 4.12. The molecular weight excluding hydrogens is 256 g/mol. The zero-order valence-electron chi connectivity index (χ0n) is 13.2. The van der Waals surface area contributed by atoms with E-state index in [1.54, 1.807) is 11.3 Å². The second-order valence-electron chi connectivity index (χ2n) is 5.85. The van der Waals surface area contributed by atoms with Gasteiger partial charge in [0.25, 0.3) is 0 Å². The van der Waals surface area contributed by atoms with Crippen molar-refractivity contribution in [1.29, 1.82) is 0 Å². The topological polar surface area (TPSA) is 34.1 Å². The van der Waals surface area contributed by atoms with Crippen LogP contribution in [-0.2, 0) is 16.7 Å². The van der Waals surface area contributed by atoms with Crippen LogP contribution >= 0.6 is 11.3 Å². The Morgan fingerprint density at radius 3 is 2.53 bits per heavy atom. The van der Waals surface area contributed by atoms with Crippen molar-refractivity contribution in [3.63, 3.8) is 0 Å². The van der Waals surface area contributed by atoms with Gasteiger partial charge in [-0.2, -0.15) is 0 Å². The maximum atomic E-state index is 5.66. The first-order valence-corrected chi connectivity index (χ1v) is 8.04. The lowest BCUT2D eigenvalue weighted by Crippen LogP contribution is -2.19. The molecule has 1 rings (SSSR count). The first-order valence-electron chi connectivity index (χ1n) is 7.22. The van der Waals surface area contributed by atoms with Crippen molar-refractivity contribution in [2.24, 2.45) is 0 Å². The monoisotopic (exact) mass is 284 g/mol. The van der Waals surface area contributed by atoms with Gasteiger partial charge in [-0.25, -0.2) is 4.98 Å². The van der Waals surface area contributed by atoms with Gasteiger partial charge in [-0.3, -0.25) is 0 Å². The predicted octanol–water partition coefficient (Wildman–Crippen LogP) is 4.04. The number of hydrogen-bond donors (Lipinski definition) is 1. The molecule has 4 heteroatoms. The maximum absolute atomic E-state index is 5.66. The Morgan fingerprint density at radius 1 is 1.32 bits per heavy atom. The fraction of sp³-hybridized carbons (Fsp3) is 0.800. The van der Waals surface area contributed by atoms with Crippen molar-refractivity contribution in [3.8, 4) is 0 Å². The summed E-state index contributed by atoms with van der Waals surface area (Å²) in [6.45, 7) is 15.7. The predicted molar refractivity (Wildman–Crippen MR) is 82.9 cm³/mol. The highest BCUT2D eigenvalue weighted by molar-refractivity contribution is 7.11. The highest BCUT2D eigenvalue weighted by Crippen LogP contribution is 2.33. The van der Waals surface area contributed by atoms with E-state index in [0.29, 0.717) is 0 Å². The van der Waals surface area contributed by atoms with E-state index in [9.17, 15) is 0 Å². The summed E-state index contributed by atoms with van der Waals surface area (Å²) in [7, 11) is 0. The molecule has 0 aliphatic rings. The van der Waals surface area contributed by atoms with Crippen LogP contribution in [0.4, 0.5) is 0 Å². The molecule has 1 atom stereocenters. The zero-order chi connectivity index (χ0) is 14.5. The standard InChI is InChI=1S/C15H28N2OS/c1-7-9-16-10-12-13(15(4,5)6)17-14(19-12)11(3)18-8-2/h11,16H,7-10H2,1-6H3.